The van der Waals surface area contributed by atoms with Crippen molar-refractivity contribution in [2.75, 3.05) is 19.6 Å². The van der Waals surface area contributed by atoms with Crippen LogP contribution in [-0.4, -0.2) is 24.5 Å². The third-order valence-electron chi connectivity index (χ3n) is 2.46. The van der Waals surface area contributed by atoms with Crippen LogP contribution < -0.4 is 5.73 Å². The first kappa shape index (κ1) is 12.6. The van der Waals surface area contributed by atoms with Crippen LogP contribution in [0.3, 0.4) is 0 Å². The predicted molar refractivity (Wildman–Crippen MR) is 61.1 cm³/mol. The smallest absolute Gasteiger partial charge is 0.127 e. The van der Waals surface area contributed by atoms with Crippen LogP contribution in [0.15, 0.2) is 18.2 Å². The van der Waals surface area contributed by atoms with Crippen LogP contribution >= 0.6 is 0 Å². The largest absolute Gasteiger partial charge is 0.329 e. The molecule has 1 rings (SSSR count). The number of rotatable bonds is 5. The zero-order chi connectivity index (χ0) is 12.0. The fraction of sp³-hybridized carbons (Fsp3) is 0.417. The van der Waals surface area contributed by atoms with Gasteiger partial charge in [0.1, 0.15) is 5.82 Å². The fourth-order valence-corrected chi connectivity index (χ4v) is 1.54. The standard InChI is InChI=1S/C12H16FN3/c1-2-16(6-5-14)9-11-7-10(8-15)3-4-12(11)13/h3-4,7H,2,5-6,9,14H2,1H3. The highest BCUT2D eigenvalue weighted by atomic mass is 19.1. The quantitative estimate of drug-likeness (QED) is 0.819. The highest BCUT2D eigenvalue weighted by molar-refractivity contribution is 5.33. The minimum Gasteiger partial charge on any atom is -0.329 e. The maximum atomic E-state index is 13.5. The van der Waals surface area contributed by atoms with E-state index in [1.165, 1.54) is 12.1 Å². The summed E-state index contributed by atoms with van der Waals surface area (Å²) in [5.74, 6) is -0.269. The SMILES string of the molecule is CCN(CCN)Cc1cc(C#N)ccc1F. The highest BCUT2D eigenvalue weighted by Gasteiger charge is 2.08. The van der Waals surface area contributed by atoms with Gasteiger partial charge in [0.05, 0.1) is 11.6 Å². The Labute approximate surface area is 95.3 Å². The monoisotopic (exact) mass is 221 g/mol. The van der Waals surface area contributed by atoms with Crippen molar-refractivity contribution >= 4 is 0 Å². The number of hydrogen-bond acceptors (Lipinski definition) is 3. The normalized spacial score (nSPS) is 10.4. The van der Waals surface area contributed by atoms with Crippen molar-refractivity contribution in [1.29, 1.82) is 5.26 Å². The minimum absolute atomic E-state index is 0.269. The minimum atomic E-state index is -0.269. The molecule has 1 aromatic carbocycles. The van der Waals surface area contributed by atoms with Crippen molar-refractivity contribution in [1.82, 2.24) is 4.90 Å². The number of nitriles is 1. The predicted octanol–water partition coefficient (Wildman–Crippen LogP) is 1.48. The lowest BCUT2D eigenvalue weighted by Crippen LogP contribution is -2.29. The molecule has 0 amide bonds. The first-order chi connectivity index (χ1) is 7.71. The molecule has 0 aliphatic rings. The van der Waals surface area contributed by atoms with Crippen molar-refractivity contribution in [3.63, 3.8) is 0 Å². The summed E-state index contributed by atoms with van der Waals surface area (Å²) < 4.78 is 13.5. The van der Waals surface area contributed by atoms with Crippen LogP contribution in [0.5, 0.6) is 0 Å². The van der Waals surface area contributed by atoms with Gasteiger partial charge in [-0.1, -0.05) is 6.92 Å². The van der Waals surface area contributed by atoms with E-state index in [1.54, 1.807) is 6.07 Å². The van der Waals surface area contributed by atoms with Gasteiger partial charge in [-0.25, -0.2) is 4.39 Å². The summed E-state index contributed by atoms with van der Waals surface area (Å²) >= 11 is 0. The summed E-state index contributed by atoms with van der Waals surface area (Å²) in [6.45, 7) is 4.59. The zero-order valence-electron chi connectivity index (χ0n) is 9.41. The van der Waals surface area contributed by atoms with Crippen molar-refractivity contribution in [3.8, 4) is 6.07 Å². The molecule has 0 atom stereocenters. The molecule has 0 unspecified atom stereocenters. The molecule has 86 valence electrons. The molecule has 0 saturated heterocycles. The molecule has 0 heterocycles. The summed E-state index contributed by atoms with van der Waals surface area (Å²) in [6, 6.07) is 6.42. The lowest BCUT2D eigenvalue weighted by molar-refractivity contribution is 0.284. The number of nitrogens with two attached hydrogens (primary N) is 1. The zero-order valence-corrected chi connectivity index (χ0v) is 9.41. The van der Waals surface area contributed by atoms with Crippen molar-refractivity contribution < 1.29 is 4.39 Å². The summed E-state index contributed by atoms with van der Waals surface area (Å²) in [6.07, 6.45) is 0. The summed E-state index contributed by atoms with van der Waals surface area (Å²) in [5.41, 5.74) is 6.50. The Kier molecular flexibility index (Phi) is 4.90. The number of halogens is 1. The second-order valence-electron chi connectivity index (χ2n) is 3.58. The van der Waals surface area contributed by atoms with E-state index >= 15 is 0 Å². The van der Waals surface area contributed by atoms with Gasteiger partial charge in [0, 0.05) is 25.2 Å². The van der Waals surface area contributed by atoms with Crippen LogP contribution in [0, 0.1) is 17.1 Å². The van der Waals surface area contributed by atoms with Crippen LogP contribution in [0.25, 0.3) is 0 Å². The van der Waals surface area contributed by atoms with Gasteiger partial charge < -0.3 is 5.73 Å². The van der Waals surface area contributed by atoms with Crippen molar-refractivity contribution in [3.05, 3.63) is 35.1 Å². The highest BCUT2D eigenvalue weighted by Crippen LogP contribution is 2.12. The van der Waals surface area contributed by atoms with Gasteiger partial charge in [-0.05, 0) is 24.7 Å². The Hall–Kier alpha value is -1.44. The Bertz CT molecular complexity index is 384. The second kappa shape index (κ2) is 6.21. The molecule has 0 aromatic heterocycles. The van der Waals surface area contributed by atoms with Gasteiger partial charge in [-0.15, -0.1) is 0 Å². The van der Waals surface area contributed by atoms with Crippen LogP contribution in [0.4, 0.5) is 4.39 Å². The molecule has 0 aliphatic heterocycles. The number of benzene rings is 1. The van der Waals surface area contributed by atoms with Gasteiger partial charge in [0.25, 0.3) is 0 Å². The Balaban J connectivity index is 2.82. The maximum absolute atomic E-state index is 13.5. The molecule has 0 bridgehead atoms. The first-order valence-electron chi connectivity index (χ1n) is 5.32. The molecular formula is C12H16FN3. The Morgan fingerprint density at radius 3 is 2.81 bits per heavy atom. The maximum Gasteiger partial charge on any atom is 0.127 e. The molecule has 1 aromatic rings. The van der Waals surface area contributed by atoms with E-state index in [9.17, 15) is 4.39 Å². The molecule has 0 spiro atoms. The fourth-order valence-electron chi connectivity index (χ4n) is 1.54. The summed E-state index contributed by atoms with van der Waals surface area (Å²) in [4.78, 5) is 2.04. The third-order valence-corrected chi connectivity index (χ3v) is 2.46. The molecular weight excluding hydrogens is 205 g/mol. The van der Waals surface area contributed by atoms with Crippen molar-refractivity contribution in [2.45, 2.75) is 13.5 Å². The topological polar surface area (TPSA) is 53.0 Å². The number of nitrogens with zero attached hydrogens (tertiary/aromatic N) is 2. The van der Waals surface area contributed by atoms with Crippen LogP contribution in [-0.2, 0) is 6.54 Å². The lowest BCUT2D eigenvalue weighted by Gasteiger charge is -2.19. The molecule has 4 heteroatoms. The lowest BCUT2D eigenvalue weighted by atomic mass is 10.1. The van der Waals surface area contributed by atoms with Gasteiger partial charge in [0.15, 0.2) is 0 Å². The van der Waals surface area contributed by atoms with E-state index in [0.29, 0.717) is 24.2 Å². The van der Waals surface area contributed by atoms with E-state index in [1.807, 2.05) is 17.9 Å². The van der Waals surface area contributed by atoms with E-state index in [2.05, 4.69) is 0 Å². The average Bonchev–Trinajstić information content (AvgIpc) is 2.31. The molecule has 3 nitrogen and oxygen atoms in total. The number of likely N-dealkylation sites (N-methyl/N-ethyl adjacent to an activating group) is 1. The van der Waals surface area contributed by atoms with E-state index < -0.39 is 0 Å². The van der Waals surface area contributed by atoms with Crippen LogP contribution in [0.1, 0.15) is 18.1 Å². The molecule has 0 aliphatic carbocycles. The van der Waals surface area contributed by atoms with Gasteiger partial charge in [-0.3, -0.25) is 4.90 Å². The third kappa shape index (κ3) is 3.30. The summed E-state index contributed by atoms with van der Waals surface area (Å²) in [7, 11) is 0. The van der Waals surface area contributed by atoms with E-state index in [0.717, 1.165) is 13.1 Å². The Morgan fingerprint density at radius 1 is 1.50 bits per heavy atom. The van der Waals surface area contributed by atoms with Gasteiger partial charge >= 0.3 is 0 Å². The Morgan fingerprint density at radius 2 is 2.25 bits per heavy atom. The molecule has 0 saturated carbocycles. The van der Waals surface area contributed by atoms with Gasteiger partial charge in [-0.2, -0.15) is 5.26 Å². The molecule has 0 fully saturated rings. The van der Waals surface area contributed by atoms with E-state index in [-0.39, 0.29) is 5.82 Å². The molecule has 16 heavy (non-hydrogen) atoms. The molecule has 2 N–H and O–H groups in total. The van der Waals surface area contributed by atoms with E-state index in [4.69, 9.17) is 11.0 Å². The number of hydrogen-bond donors (Lipinski definition) is 1. The van der Waals surface area contributed by atoms with Crippen LogP contribution in [0.2, 0.25) is 0 Å². The van der Waals surface area contributed by atoms with Gasteiger partial charge in [0.2, 0.25) is 0 Å². The van der Waals surface area contributed by atoms with Crippen molar-refractivity contribution in [2.24, 2.45) is 5.73 Å². The average molecular weight is 221 g/mol. The first-order valence-corrected chi connectivity index (χ1v) is 5.32. The molecule has 0 radical (unpaired) electrons. The second-order valence-corrected chi connectivity index (χ2v) is 3.58. The summed E-state index contributed by atoms with van der Waals surface area (Å²) in [5, 5.41) is 8.74.